The topological polar surface area (TPSA) is 84.9 Å². The second-order valence-electron chi connectivity index (χ2n) is 4.80. The number of ether oxygens (including phenoxy) is 1. The highest BCUT2D eigenvalue weighted by atomic mass is 16.5. The summed E-state index contributed by atoms with van der Waals surface area (Å²) in [5.41, 5.74) is 6.39. The van der Waals surface area contributed by atoms with Gasteiger partial charge < -0.3 is 15.6 Å². The number of benzene rings is 2. The third kappa shape index (κ3) is 1.90. The van der Waals surface area contributed by atoms with Crippen molar-refractivity contribution in [2.75, 3.05) is 7.11 Å². The third-order valence-corrected chi connectivity index (χ3v) is 3.61. The van der Waals surface area contributed by atoms with Gasteiger partial charge in [0, 0.05) is 5.56 Å². The number of hydrogen-bond acceptors (Lipinski definition) is 5. The standard InChI is InChI=1S/C16H14N2O3/c1-21-14(19)10-7-8-13-12(9-10)16(20,15(17)18-13)11-5-3-2-4-6-11/h2-9,20H,1H3,(H2,17,18). The van der Waals surface area contributed by atoms with Gasteiger partial charge >= 0.3 is 5.97 Å². The minimum atomic E-state index is -1.53. The number of aliphatic hydroxyl groups is 1. The van der Waals surface area contributed by atoms with Gasteiger partial charge in [-0.3, -0.25) is 0 Å². The molecule has 1 aliphatic heterocycles. The van der Waals surface area contributed by atoms with Gasteiger partial charge in [-0.25, -0.2) is 9.79 Å². The molecule has 0 aromatic heterocycles. The number of hydrogen-bond donors (Lipinski definition) is 2. The summed E-state index contributed by atoms with van der Waals surface area (Å²) >= 11 is 0. The first-order valence-electron chi connectivity index (χ1n) is 6.42. The first-order valence-corrected chi connectivity index (χ1v) is 6.42. The molecule has 106 valence electrons. The van der Waals surface area contributed by atoms with E-state index in [1.165, 1.54) is 7.11 Å². The summed E-state index contributed by atoms with van der Waals surface area (Å²) in [6.07, 6.45) is 0. The molecule has 1 unspecified atom stereocenters. The molecule has 1 atom stereocenters. The van der Waals surface area contributed by atoms with Gasteiger partial charge in [-0.05, 0) is 23.8 Å². The van der Waals surface area contributed by atoms with Gasteiger partial charge in [0.1, 0.15) is 5.84 Å². The molecule has 5 nitrogen and oxygen atoms in total. The molecule has 2 aromatic carbocycles. The fourth-order valence-electron chi connectivity index (χ4n) is 2.50. The minimum absolute atomic E-state index is 0.0886. The lowest BCUT2D eigenvalue weighted by Crippen LogP contribution is -2.39. The van der Waals surface area contributed by atoms with Crippen molar-refractivity contribution in [1.82, 2.24) is 0 Å². The number of rotatable bonds is 2. The zero-order chi connectivity index (χ0) is 15.0. The maximum absolute atomic E-state index is 11.7. The highest BCUT2D eigenvalue weighted by molar-refractivity contribution is 6.01. The molecule has 0 radical (unpaired) electrons. The number of nitrogens with zero attached hydrogens (tertiary/aromatic N) is 1. The summed E-state index contributed by atoms with van der Waals surface area (Å²) < 4.78 is 4.71. The van der Waals surface area contributed by atoms with Crippen LogP contribution in [0.25, 0.3) is 0 Å². The lowest BCUT2D eigenvalue weighted by Gasteiger charge is -2.24. The maximum Gasteiger partial charge on any atom is 0.337 e. The first-order chi connectivity index (χ1) is 10.1. The van der Waals surface area contributed by atoms with Crippen LogP contribution in [0.3, 0.4) is 0 Å². The Morgan fingerprint density at radius 2 is 1.95 bits per heavy atom. The van der Waals surface area contributed by atoms with Crippen molar-refractivity contribution in [3.05, 3.63) is 65.2 Å². The van der Waals surface area contributed by atoms with E-state index in [0.29, 0.717) is 22.4 Å². The third-order valence-electron chi connectivity index (χ3n) is 3.61. The fourth-order valence-corrected chi connectivity index (χ4v) is 2.50. The van der Waals surface area contributed by atoms with Crippen LogP contribution in [0, 0.1) is 0 Å². The molecule has 1 heterocycles. The Balaban J connectivity index is 2.19. The van der Waals surface area contributed by atoms with Gasteiger partial charge in [0.2, 0.25) is 0 Å². The average Bonchev–Trinajstić information content (AvgIpc) is 2.79. The number of carbonyl (C=O) groups excluding carboxylic acids is 1. The number of carbonyl (C=O) groups is 1. The monoisotopic (exact) mass is 282 g/mol. The van der Waals surface area contributed by atoms with Crippen LogP contribution in [-0.4, -0.2) is 24.0 Å². The van der Waals surface area contributed by atoms with E-state index in [1.807, 2.05) is 18.2 Å². The van der Waals surface area contributed by atoms with Crippen molar-refractivity contribution in [3.8, 4) is 0 Å². The predicted molar refractivity (Wildman–Crippen MR) is 78.5 cm³/mol. The lowest BCUT2D eigenvalue weighted by atomic mass is 9.85. The zero-order valence-corrected chi connectivity index (χ0v) is 11.4. The van der Waals surface area contributed by atoms with Crippen molar-refractivity contribution < 1.29 is 14.6 Å². The first kappa shape index (κ1) is 13.3. The summed E-state index contributed by atoms with van der Waals surface area (Å²) in [5.74, 6) is -0.385. The molecule has 21 heavy (non-hydrogen) atoms. The van der Waals surface area contributed by atoms with Crippen LogP contribution in [0.15, 0.2) is 53.5 Å². The van der Waals surface area contributed by atoms with Crippen molar-refractivity contribution in [1.29, 1.82) is 0 Å². The van der Waals surface area contributed by atoms with E-state index in [1.54, 1.807) is 30.3 Å². The molecule has 1 aliphatic rings. The van der Waals surface area contributed by atoms with E-state index in [-0.39, 0.29) is 5.84 Å². The molecule has 0 saturated carbocycles. The van der Waals surface area contributed by atoms with E-state index in [0.717, 1.165) is 0 Å². The van der Waals surface area contributed by atoms with Crippen LogP contribution in [-0.2, 0) is 10.3 Å². The van der Waals surface area contributed by atoms with Crippen molar-refractivity contribution >= 4 is 17.5 Å². The van der Waals surface area contributed by atoms with E-state index in [9.17, 15) is 9.90 Å². The summed E-state index contributed by atoms with van der Waals surface area (Å²) in [7, 11) is 1.31. The lowest BCUT2D eigenvalue weighted by molar-refractivity contribution is 0.0600. The Labute approximate surface area is 121 Å². The summed E-state index contributed by atoms with van der Waals surface area (Å²) in [5, 5.41) is 11.1. The Hall–Kier alpha value is -2.66. The molecule has 0 saturated heterocycles. The van der Waals surface area contributed by atoms with E-state index >= 15 is 0 Å². The Bertz CT molecular complexity index is 740. The average molecular weight is 282 g/mol. The second-order valence-corrected chi connectivity index (χ2v) is 4.80. The van der Waals surface area contributed by atoms with Crippen molar-refractivity contribution in [2.24, 2.45) is 10.7 Å². The highest BCUT2D eigenvalue weighted by Gasteiger charge is 2.42. The zero-order valence-electron chi connectivity index (χ0n) is 11.4. The highest BCUT2D eigenvalue weighted by Crippen LogP contribution is 2.42. The molecule has 2 aromatic rings. The SMILES string of the molecule is COC(=O)c1ccc2c(c1)C(O)(c1ccccc1)C(N)=N2. The van der Waals surface area contributed by atoms with E-state index in [2.05, 4.69) is 4.99 Å². The van der Waals surface area contributed by atoms with E-state index < -0.39 is 11.6 Å². The molecule has 3 N–H and O–H groups in total. The molecular formula is C16H14N2O3. The largest absolute Gasteiger partial charge is 0.465 e. The minimum Gasteiger partial charge on any atom is -0.465 e. The molecule has 0 fully saturated rings. The van der Waals surface area contributed by atoms with Crippen molar-refractivity contribution in [3.63, 3.8) is 0 Å². The number of fused-ring (bicyclic) bond motifs is 1. The second kappa shape index (κ2) is 4.71. The van der Waals surface area contributed by atoms with Crippen LogP contribution < -0.4 is 5.73 Å². The summed E-state index contributed by atoms with van der Waals surface area (Å²) in [6, 6.07) is 13.8. The molecule has 0 amide bonds. The molecule has 3 rings (SSSR count). The van der Waals surface area contributed by atoms with E-state index in [4.69, 9.17) is 10.5 Å². The molecule has 5 heteroatoms. The van der Waals surface area contributed by atoms with Gasteiger partial charge in [0.05, 0.1) is 18.4 Å². The van der Waals surface area contributed by atoms with Gasteiger partial charge in [0.25, 0.3) is 0 Å². The van der Waals surface area contributed by atoms with Crippen LogP contribution >= 0.6 is 0 Å². The van der Waals surface area contributed by atoms with Crippen LogP contribution in [0.2, 0.25) is 0 Å². The summed E-state index contributed by atoms with van der Waals surface area (Å²) in [4.78, 5) is 15.9. The van der Waals surface area contributed by atoms with Crippen LogP contribution in [0.1, 0.15) is 21.5 Å². The Kier molecular flexibility index (Phi) is 2.99. The number of aliphatic imine (C=N–C) groups is 1. The van der Waals surface area contributed by atoms with Gasteiger partial charge in [-0.2, -0.15) is 0 Å². The number of methoxy groups -OCH3 is 1. The molecule has 0 aliphatic carbocycles. The normalized spacial score (nSPS) is 19.8. The smallest absolute Gasteiger partial charge is 0.337 e. The number of amidine groups is 1. The summed E-state index contributed by atoms with van der Waals surface area (Å²) in [6.45, 7) is 0. The van der Waals surface area contributed by atoms with Gasteiger partial charge in [-0.15, -0.1) is 0 Å². The molecule has 0 bridgehead atoms. The quantitative estimate of drug-likeness (QED) is 0.821. The van der Waals surface area contributed by atoms with Crippen molar-refractivity contribution in [2.45, 2.75) is 5.60 Å². The molecule has 0 spiro atoms. The van der Waals surface area contributed by atoms with Gasteiger partial charge in [-0.1, -0.05) is 30.3 Å². The fraction of sp³-hybridized carbons (Fsp3) is 0.125. The number of nitrogens with two attached hydrogens (primary N) is 1. The van der Waals surface area contributed by atoms with Gasteiger partial charge in [0.15, 0.2) is 5.60 Å². The number of esters is 1. The maximum atomic E-state index is 11.7. The predicted octanol–water partition coefficient (Wildman–Crippen LogP) is 1.71. The Morgan fingerprint density at radius 1 is 1.24 bits per heavy atom. The van der Waals surface area contributed by atoms with Crippen LogP contribution in [0.4, 0.5) is 5.69 Å². The Morgan fingerprint density at radius 3 is 2.62 bits per heavy atom. The molecular weight excluding hydrogens is 268 g/mol. The van der Waals surface area contributed by atoms with Crippen LogP contribution in [0.5, 0.6) is 0 Å².